The molecule has 2 N–H and O–H groups in total. The molecule has 3 unspecified atom stereocenters. The zero-order valence-electron chi connectivity index (χ0n) is 16.0. The molecule has 2 saturated carbocycles. The van der Waals surface area contributed by atoms with E-state index in [1.54, 1.807) is 0 Å². The van der Waals surface area contributed by atoms with Crippen LogP contribution in [-0.2, 0) is 9.59 Å². The molecule has 3 atom stereocenters. The Balaban J connectivity index is 1.36. The van der Waals surface area contributed by atoms with E-state index in [1.165, 1.54) is 0 Å². The lowest BCUT2D eigenvalue weighted by atomic mass is 9.55. The van der Waals surface area contributed by atoms with E-state index < -0.39 is 11.4 Å². The molecular weight excluding hydrogens is 376 g/mol. The Morgan fingerprint density at radius 2 is 2.00 bits per heavy atom. The van der Waals surface area contributed by atoms with Gasteiger partial charge in [-0.15, -0.1) is 0 Å². The van der Waals surface area contributed by atoms with Crippen molar-refractivity contribution in [3.05, 3.63) is 35.0 Å². The Morgan fingerprint density at radius 3 is 2.68 bits per heavy atom. The lowest BCUT2D eigenvalue weighted by Gasteiger charge is -2.60. The number of H-pyrrole nitrogens is 1. The van der Waals surface area contributed by atoms with E-state index in [2.05, 4.69) is 16.8 Å². The highest BCUT2D eigenvalue weighted by molar-refractivity contribution is 6.31. The molecule has 2 aromatic rings. The van der Waals surface area contributed by atoms with Crippen LogP contribution in [0, 0.1) is 11.3 Å². The molecule has 4 bridgehead atoms. The lowest BCUT2D eigenvalue weighted by molar-refractivity contribution is -0.178. The van der Waals surface area contributed by atoms with E-state index in [0.717, 1.165) is 35.7 Å². The first-order valence-electron chi connectivity index (χ1n) is 10.2. The molecule has 1 aromatic heterocycles. The summed E-state index contributed by atoms with van der Waals surface area (Å²) in [7, 11) is 0. The van der Waals surface area contributed by atoms with Gasteiger partial charge in [-0.1, -0.05) is 18.5 Å². The fourth-order valence-electron chi connectivity index (χ4n) is 6.29. The van der Waals surface area contributed by atoms with Gasteiger partial charge in [0.2, 0.25) is 5.91 Å². The van der Waals surface area contributed by atoms with Crippen LogP contribution in [0.1, 0.15) is 56.9 Å². The van der Waals surface area contributed by atoms with Crippen LogP contribution >= 0.6 is 11.6 Å². The van der Waals surface area contributed by atoms with E-state index in [1.807, 2.05) is 24.4 Å². The molecule has 6 heteroatoms. The molecule has 2 saturated heterocycles. The first-order chi connectivity index (χ1) is 13.4. The van der Waals surface area contributed by atoms with Crippen molar-refractivity contribution >= 4 is 34.4 Å². The molecule has 2 aliphatic carbocycles. The van der Waals surface area contributed by atoms with Gasteiger partial charge in [0, 0.05) is 40.6 Å². The molecule has 0 radical (unpaired) electrons. The van der Waals surface area contributed by atoms with Crippen molar-refractivity contribution in [3.63, 3.8) is 0 Å². The quantitative estimate of drug-likeness (QED) is 0.790. The number of carbonyl (C=O) groups is 2. The number of aromatic nitrogens is 1. The van der Waals surface area contributed by atoms with Crippen molar-refractivity contribution in [1.82, 2.24) is 9.88 Å². The molecule has 6 rings (SSSR count). The highest BCUT2D eigenvalue weighted by Crippen LogP contribution is 2.56. The second-order valence-corrected chi connectivity index (χ2v) is 9.62. The van der Waals surface area contributed by atoms with E-state index in [9.17, 15) is 14.7 Å². The first kappa shape index (κ1) is 18.0. The van der Waals surface area contributed by atoms with Crippen LogP contribution in [0.3, 0.4) is 0 Å². The number of fused-ring (bicyclic) bond motifs is 1. The van der Waals surface area contributed by atoms with Crippen LogP contribution in [-0.4, -0.2) is 39.0 Å². The highest BCUT2D eigenvalue weighted by Gasteiger charge is 2.58. The molecule has 148 valence electrons. The summed E-state index contributed by atoms with van der Waals surface area (Å²) in [5, 5.41) is 11.5. The third-order valence-electron chi connectivity index (χ3n) is 7.36. The van der Waals surface area contributed by atoms with E-state index >= 15 is 0 Å². The predicted octanol–water partition coefficient (Wildman–Crippen LogP) is 4.56. The second kappa shape index (κ2) is 6.24. The van der Waals surface area contributed by atoms with Gasteiger partial charge in [-0.25, -0.2) is 0 Å². The number of benzene rings is 1. The summed E-state index contributed by atoms with van der Waals surface area (Å²) in [6.45, 7) is 2.08. The molecule has 1 amide bonds. The molecule has 5 nitrogen and oxygen atoms in total. The summed E-state index contributed by atoms with van der Waals surface area (Å²) in [5.41, 5.74) is 1.54. The normalized spacial score (nSPS) is 32.1. The number of aliphatic carboxylic acids is 1. The smallest absolute Gasteiger partial charge is 0.309 e. The van der Waals surface area contributed by atoms with Crippen molar-refractivity contribution in [2.45, 2.75) is 63.5 Å². The Bertz CT molecular complexity index is 952. The minimum atomic E-state index is -0.664. The first-order valence-corrected chi connectivity index (χ1v) is 10.6. The molecule has 4 fully saturated rings. The fourth-order valence-corrected chi connectivity index (χ4v) is 6.47. The van der Waals surface area contributed by atoms with Crippen molar-refractivity contribution in [1.29, 1.82) is 0 Å². The Hall–Kier alpha value is -2.01. The van der Waals surface area contributed by atoms with Crippen molar-refractivity contribution in [2.75, 3.05) is 0 Å². The maximum atomic E-state index is 13.3. The summed E-state index contributed by atoms with van der Waals surface area (Å²) >= 11 is 6.16. The van der Waals surface area contributed by atoms with Gasteiger partial charge in [-0.2, -0.15) is 0 Å². The van der Waals surface area contributed by atoms with E-state index in [0.29, 0.717) is 30.2 Å². The van der Waals surface area contributed by atoms with Gasteiger partial charge in [-0.3, -0.25) is 9.59 Å². The van der Waals surface area contributed by atoms with Crippen LogP contribution in [0.15, 0.2) is 24.4 Å². The van der Waals surface area contributed by atoms with E-state index in [-0.39, 0.29) is 23.9 Å². The van der Waals surface area contributed by atoms with Gasteiger partial charge >= 0.3 is 5.97 Å². The predicted molar refractivity (Wildman–Crippen MR) is 107 cm³/mol. The Labute approximate surface area is 169 Å². The summed E-state index contributed by atoms with van der Waals surface area (Å²) < 4.78 is 0. The van der Waals surface area contributed by atoms with Gasteiger partial charge in [0.05, 0.1) is 5.41 Å². The van der Waals surface area contributed by atoms with Crippen LogP contribution in [0.4, 0.5) is 0 Å². The summed E-state index contributed by atoms with van der Waals surface area (Å²) in [4.78, 5) is 30.5. The minimum absolute atomic E-state index is 0.0744. The largest absolute Gasteiger partial charge is 0.481 e. The molecule has 4 aliphatic rings. The standard InChI is InChI=1S/C22H25ClN2O3/c1-12(18-11-24-19-3-2-14(23)7-17(18)19)4-20(26)25-15-5-13-6-16(25)10-22(8-13,9-15)21(27)28/h2-3,7,11-13,15-16,24H,4-6,8-10H2,1H3,(H,27,28). The fraction of sp³-hybridized carbons (Fsp3) is 0.545. The average molecular weight is 401 g/mol. The van der Waals surface area contributed by atoms with Crippen molar-refractivity contribution in [3.8, 4) is 0 Å². The number of amides is 1. The topological polar surface area (TPSA) is 73.4 Å². The summed E-state index contributed by atoms with van der Waals surface area (Å²) in [6.07, 6.45) is 6.39. The van der Waals surface area contributed by atoms with Gasteiger partial charge < -0.3 is 15.0 Å². The maximum Gasteiger partial charge on any atom is 0.309 e. The number of piperidine rings is 2. The van der Waals surface area contributed by atoms with Crippen LogP contribution in [0.25, 0.3) is 10.9 Å². The number of carboxylic acid groups (broad SMARTS) is 1. The average Bonchev–Trinajstić information content (AvgIpc) is 3.03. The minimum Gasteiger partial charge on any atom is -0.481 e. The van der Waals surface area contributed by atoms with Crippen LogP contribution in [0.5, 0.6) is 0 Å². The number of halogens is 1. The van der Waals surface area contributed by atoms with Gasteiger partial charge in [-0.05, 0) is 67.7 Å². The summed E-state index contributed by atoms with van der Waals surface area (Å²) in [6, 6.07) is 5.96. The Morgan fingerprint density at radius 1 is 1.29 bits per heavy atom. The molecule has 28 heavy (non-hydrogen) atoms. The zero-order chi connectivity index (χ0) is 19.6. The summed E-state index contributed by atoms with van der Waals surface area (Å²) in [5.74, 6) is 0.0393. The lowest BCUT2D eigenvalue weighted by Crippen LogP contribution is -2.65. The van der Waals surface area contributed by atoms with Crippen molar-refractivity contribution < 1.29 is 14.7 Å². The maximum absolute atomic E-state index is 13.3. The van der Waals surface area contributed by atoms with Gasteiger partial charge in [0.25, 0.3) is 0 Å². The van der Waals surface area contributed by atoms with E-state index in [4.69, 9.17) is 11.6 Å². The van der Waals surface area contributed by atoms with Crippen molar-refractivity contribution in [2.24, 2.45) is 11.3 Å². The molecule has 1 aromatic carbocycles. The zero-order valence-corrected chi connectivity index (χ0v) is 16.7. The monoisotopic (exact) mass is 400 g/mol. The number of hydrogen-bond acceptors (Lipinski definition) is 2. The number of carbonyl (C=O) groups excluding carboxylic acids is 1. The van der Waals surface area contributed by atoms with Gasteiger partial charge in [0.15, 0.2) is 0 Å². The molecular formula is C22H25ClN2O3. The Kier molecular flexibility index (Phi) is 4.02. The third kappa shape index (κ3) is 2.66. The highest BCUT2D eigenvalue weighted by atomic mass is 35.5. The molecule has 0 spiro atoms. The number of rotatable bonds is 4. The number of hydrogen-bond donors (Lipinski definition) is 2. The molecule has 2 aliphatic heterocycles. The molecule has 3 heterocycles. The van der Waals surface area contributed by atoms with Crippen LogP contribution < -0.4 is 0 Å². The number of nitrogens with one attached hydrogen (secondary N) is 1. The second-order valence-electron chi connectivity index (χ2n) is 9.18. The SMILES string of the molecule is CC(CC(=O)N1C2CC3CC1CC(C(=O)O)(C3)C2)c1c[nH]c2ccc(Cl)cc12. The number of aromatic amines is 1. The van der Waals surface area contributed by atoms with Crippen LogP contribution in [0.2, 0.25) is 5.02 Å². The third-order valence-corrected chi connectivity index (χ3v) is 7.59. The van der Waals surface area contributed by atoms with Gasteiger partial charge in [0.1, 0.15) is 0 Å². The number of carboxylic acids is 1. The number of nitrogens with zero attached hydrogens (tertiary/aromatic N) is 1.